The van der Waals surface area contributed by atoms with Gasteiger partial charge in [0.2, 0.25) is 0 Å². The van der Waals surface area contributed by atoms with Gasteiger partial charge in [-0.05, 0) is 43.4 Å². The minimum atomic E-state index is -0.295. The van der Waals surface area contributed by atoms with Crippen molar-refractivity contribution >= 4 is 12.0 Å². The Morgan fingerprint density at radius 3 is 2.54 bits per heavy atom. The first-order chi connectivity index (χ1) is 13.5. The van der Waals surface area contributed by atoms with E-state index in [1.807, 2.05) is 31.2 Å². The Balaban J connectivity index is 1.37. The van der Waals surface area contributed by atoms with Gasteiger partial charge in [-0.3, -0.25) is 4.79 Å². The number of nitrogens with zero attached hydrogens (tertiary/aromatic N) is 2. The number of pyridine rings is 1. The van der Waals surface area contributed by atoms with Crippen LogP contribution >= 0.6 is 0 Å². The minimum Gasteiger partial charge on any atom is -0.506 e. The second-order valence-electron chi connectivity index (χ2n) is 7.08. The summed E-state index contributed by atoms with van der Waals surface area (Å²) in [6, 6.07) is 10.8. The normalized spacial score (nSPS) is 14.5. The van der Waals surface area contributed by atoms with E-state index < -0.39 is 0 Å². The Bertz CT molecular complexity index is 797. The summed E-state index contributed by atoms with van der Waals surface area (Å²) in [6.07, 6.45) is 2.57. The van der Waals surface area contributed by atoms with Gasteiger partial charge in [0, 0.05) is 19.6 Å². The maximum absolute atomic E-state index is 12.2. The summed E-state index contributed by atoms with van der Waals surface area (Å²) in [5.41, 5.74) is 2.42. The second kappa shape index (κ2) is 9.21. The molecule has 2 heterocycles. The van der Waals surface area contributed by atoms with Gasteiger partial charge in [-0.1, -0.05) is 29.8 Å². The van der Waals surface area contributed by atoms with Crippen molar-refractivity contribution in [2.45, 2.75) is 26.4 Å². The van der Waals surface area contributed by atoms with Crippen LogP contribution in [0.5, 0.6) is 5.75 Å². The van der Waals surface area contributed by atoms with Crippen LogP contribution in [0, 0.1) is 12.8 Å². The highest BCUT2D eigenvalue weighted by atomic mass is 16.6. The summed E-state index contributed by atoms with van der Waals surface area (Å²) >= 11 is 0. The number of hydrogen-bond donors (Lipinski definition) is 2. The van der Waals surface area contributed by atoms with Gasteiger partial charge in [-0.2, -0.15) is 0 Å². The number of nitrogens with one attached hydrogen (secondary N) is 1. The van der Waals surface area contributed by atoms with Gasteiger partial charge in [-0.25, -0.2) is 9.78 Å². The molecule has 1 saturated heterocycles. The van der Waals surface area contributed by atoms with Crippen LogP contribution in [0.2, 0.25) is 0 Å². The van der Waals surface area contributed by atoms with E-state index >= 15 is 0 Å². The Hall–Kier alpha value is -3.09. The lowest BCUT2D eigenvalue weighted by molar-refractivity contribution is 0.0800. The standard InChI is InChI=1S/C21H25N3O4/c1-15-2-4-17(5-3-15)14-28-21(27)24-10-8-16(9-11-24)12-23-20(26)19-7-6-18(25)13-22-19/h2-7,13,16,25H,8-12,14H2,1H3,(H,23,26). The van der Waals surface area contributed by atoms with Gasteiger partial charge in [0.05, 0.1) is 6.20 Å². The largest absolute Gasteiger partial charge is 0.506 e. The van der Waals surface area contributed by atoms with Gasteiger partial charge in [-0.15, -0.1) is 0 Å². The molecule has 0 spiro atoms. The summed E-state index contributed by atoms with van der Waals surface area (Å²) in [4.78, 5) is 29.9. The summed E-state index contributed by atoms with van der Waals surface area (Å²) in [5, 5.41) is 12.1. The third-order valence-corrected chi connectivity index (χ3v) is 4.89. The maximum atomic E-state index is 12.2. The van der Waals surface area contributed by atoms with Crippen molar-refractivity contribution in [3.63, 3.8) is 0 Å². The van der Waals surface area contributed by atoms with E-state index in [-0.39, 0.29) is 30.1 Å². The minimum absolute atomic E-state index is 0.0261. The average molecular weight is 383 g/mol. The molecular formula is C21H25N3O4. The first kappa shape index (κ1) is 19.7. The first-order valence-electron chi connectivity index (χ1n) is 9.42. The van der Waals surface area contributed by atoms with E-state index in [9.17, 15) is 14.7 Å². The highest BCUT2D eigenvalue weighted by Crippen LogP contribution is 2.18. The van der Waals surface area contributed by atoms with Crippen molar-refractivity contribution in [3.05, 3.63) is 59.4 Å². The number of carbonyl (C=O) groups excluding carboxylic acids is 2. The summed E-state index contributed by atoms with van der Waals surface area (Å²) < 4.78 is 5.40. The van der Waals surface area contributed by atoms with Crippen molar-refractivity contribution in [2.75, 3.05) is 19.6 Å². The topological polar surface area (TPSA) is 91.8 Å². The highest BCUT2D eigenvalue weighted by Gasteiger charge is 2.24. The predicted octanol–water partition coefficient (Wildman–Crippen LogP) is 2.87. The summed E-state index contributed by atoms with van der Waals surface area (Å²) in [7, 11) is 0. The third-order valence-electron chi connectivity index (χ3n) is 4.89. The van der Waals surface area contributed by atoms with Crippen molar-refractivity contribution in [3.8, 4) is 5.75 Å². The molecule has 1 aromatic carbocycles. The van der Waals surface area contributed by atoms with Gasteiger partial charge in [0.25, 0.3) is 5.91 Å². The van der Waals surface area contributed by atoms with E-state index in [2.05, 4.69) is 10.3 Å². The van der Waals surface area contributed by atoms with Crippen LogP contribution in [0.1, 0.15) is 34.5 Å². The van der Waals surface area contributed by atoms with E-state index in [1.54, 1.807) is 4.90 Å². The fourth-order valence-corrected chi connectivity index (χ4v) is 3.09. The fraction of sp³-hybridized carbons (Fsp3) is 0.381. The van der Waals surface area contributed by atoms with Crippen LogP contribution in [0.3, 0.4) is 0 Å². The monoisotopic (exact) mass is 383 g/mol. The van der Waals surface area contributed by atoms with Crippen LogP contribution in [0.4, 0.5) is 4.79 Å². The molecule has 3 rings (SSSR count). The molecule has 7 nitrogen and oxygen atoms in total. The smallest absolute Gasteiger partial charge is 0.410 e. The summed E-state index contributed by atoms with van der Waals surface area (Å²) in [6.45, 7) is 4.06. The van der Waals surface area contributed by atoms with Crippen molar-refractivity contribution in [1.82, 2.24) is 15.2 Å². The number of likely N-dealkylation sites (tertiary alicyclic amines) is 1. The zero-order chi connectivity index (χ0) is 19.9. The number of carbonyl (C=O) groups is 2. The molecule has 1 aliphatic heterocycles. The number of ether oxygens (including phenoxy) is 1. The zero-order valence-corrected chi connectivity index (χ0v) is 15.9. The van der Waals surface area contributed by atoms with Crippen molar-refractivity contribution in [1.29, 1.82) is 0 Å². The molecule has 0 atom stereocenters. The molecule has 2 aromatic rings. The van der Waals surface area contributed by atoms with Gasteiger partial charge in [0.1, 0.15) is 18.1 Å². The zero-order valence-electron chi connectivity index (χ0n) is 15.9. The number of benzene rings is 1. The Morgan fingerprint density at radius 2 is 1.89 bits per heavy atom. The maximum Gasteiger partial charge on any atom is 0.410 e. The number of amides is 2. The molecular weight excluding hydrogens is 358 g/mol. The molecule has 0 radical (unpaired) electrons. The lowest BCUT2D eigenvalue weighted by Crippen LogP contribution is -2.41. The molecule has 0 saturated carbocycles. The average Bonchev–Trinajstić information content (AvgIpc) is 2.72. The lowest BCUT2D eigenvalue weighted by Gasteiger charge is -2.31. The number of hydrogen-bond acceptors (Lipinski definition) is 5. The molecule has 0 bridgehead atoms. The quantitative estimate of drug-likeness (QED) is 0.828. The number of rotatable bonds is 5. The lowest BCUT2D eigenvalue weighted by atomic mass is 9.97. The van der Waals surface area contributed by atoms with Crippen LogP contribution in [0.25, 0.3) is 0 Å². The van der Waals surface area contributed by atoms with Crippen molar-refractivity contribution in [2.24, 2.45) is 5.92 Å². The second-order valence-corrected chi connectivity index (χ2v) is 7.08. The molecule has 7 heteroatoms. The molecule has 0 aliphatic carbocycles. The number of piperidine rings is 1. The van der Waals surface area contributed by atoms with Gasteiger partial charge >= 0.3 is 6.09 Å². The SMILES string of the molecule is Cc1ccc(COC(=O)N2CCC(CNC(=O)c3ccc(O)cn3)CC2)cc1. The highest BCUT2D eigenvalue weighted by molar-refractivity contribution is 5.92. The third kappa shape index (κ3) is 5.45. The number of aryl methyl sites for hydroxylation is 1. The molecule has 2 N–H and O–H groups in total. The van der Waals surface area contributed by atoms with E-state index in [1.165, 1.54) is 23.9 Å². The molecule has 1 aliphatic rings. The molecule has 1 fully saturated rings. The molecule has 148 valence electrons. The van der Waals surface area contributed by atoms with Gasteiger partial charge in [0.15, 0.2) is 0 Å². The van der Waals surface area contributed by atoms with Crippen LogP contribution in [-0.2, 0) is 11.3 Å². The number of aromatic hydroxyl groups is 1. The van der Waals surface area contributed by atoms with Gasteiger partial charge < -0.3 is 20.1 Å². The van der Waals surface area contributed by atoms with Crippen LogP contribution < -0.4 is 5.32 Å². The Kier molecular flexibility index (Phi) is 6.47. The Labute approximate surface area is 164 Å². The molecule has 28 heavy (non-hydrogen) atoms. The first-order valence-corrected chi connectivity index (χ1v) is 9.42. The fourth-order valence-electron chi connectivity index (χ4n) is 3.09. The summed E-state index contributed by atoms with van der Waals surface area (Å²) in [5.74, 6) is 0.0698. The number of aromatic nitrogens is 1. The van der Waals surface area contributed by atoms with E-state index in [0.29, 0.717) is 25.6 Å². The van der Waals surface area contributed by atoms with Crippen LogP contribution in [-0.4, -0.2) is 46.6 Å². The Morgan fingerprint density at radius 1 is 1.18 bits per heavy atom. The molecule has 1 aromatic heterocycles. The van der Waals surface area contributed by atoms with E-state index in [4.69, 9.17) is 4.74 Å². The van der Waals surface area contributed by atoms with Crippen molar-refractivity contribution < 1.29 is 19.4 Å². The predicted molar refractivity (Wildman–Crippen MR) is 104 cm³/mol. The van der Waals surface area contributed by atoms with Crippen LogP contribution in [0.15, 0.2) is 42.6 Å². The van der Waals surface area contributed by atoms with E-state index in [0.717, 1.165) is 18.4 Å². The molecule has 2 amide bonds. The molecule has 0 unspecified atom stereocenters.